The second-order valence-corrected chi connectivity index (χ2v) is 7.93. The van der Waals surface area contributed by atoms with Gasteiger partial charge in [-0.25, -0.2) is 13.1 Å². The first kappa shape index (κ1) is 16.4. The van der Waals surface area contributed by atoms with Crippen LogP contribution in [-0.4, -0.2) is 51.4 Å². The fourth-order valence-corrected chi connectivity index (χ4v) is 4.42. The Hall–Kier alpha value is -0.960. The average molecular weight is 331 g/mol. The van der Waals surface area contributed by atoms with Crippen molar-refractivity contribution in [2.24, 2.45) is 0 Å². The summed E-state index contributed by atoms with van der Waals surface area (Å²) in [4.78, 5) is 14.1. The third-order valence-electron chi connectivity index (χ3n) is 3.43. The number of carbonyl (C=O) groups is 1. The summed E-state index contributed by atoms with van der Waals surface area (Å²) in [6.07, 6.45) is 1.78. The average Bonchev–Trinajstić information content (AvgIpc) is 3.14. The van der Waals surface area contributed by atoms with Crippen molar-refractivity contribution in [2.45, 2.75) is 30.0 Å². The van der Waals surface area contributed by atoms with Gasteiger partial charge in [0.15, 0.2) is 0 Å². The molecule has 1 aliphatic rings. The van der Waals surface area contributed by atoms with E-state index in [0.29, 0.717) is 6.54 Å². The second-order valence-electron chi connectivity index (χ2n) is 4.99. The molecule has 1 fully saturated rings. The fraction of sp³-hybridized carbons (Fsp3) is 0.615. The Kier molecular flexibility index (Phi) is 5.74. The molecule has 0 spiro atoms. The van der Waals surface area contributed by atoms with Crippen LogP contribution in [0.15, 0.2) is 21.7 Å². The van der Waals surface area contributed by atoms with Gasteiger partial charge in [-0.05, 0) is 30.8 Å². The molecule has 0 saturated carbocycles. The number of nitrogens with one attached hydrogen (secondary N) is 2. The van der Waals surface area contributed by atoms with E-state index in [1.807, 2.05) is 6.92 Å². The van der Waals surface area contributed by atoms with Crippen LogP contribution in [0.2, 0.25) is 0 Å². The molecule has 1 aromatic heterocycles. The van der Waals surface area contributed by atoms with Crippen molar-refractivity contribution in [1.82, 2.24) is 14.9 Å². The Morgan fingerprint density at radius 2 is 2.38 bits per heavy atom. The lowest BCUT2D eigenvalue weighted by atomic mass is 10.2. The van der Waals surface area contributed by atoms with Crippen LogP contribution in [0.5, 0.6) is 0 Å². The quantitative estimate of drug-likeness (QED) is 0.768. The largest absolute Gasteiger partial charge is 0.337 e. The molecule has 1 amide bonds. The van der Waals surface area contributed by atoms with Crippen molar-refractivity contribution >= 4 is 27.3 Å². The highest BCUT2D eigenvalue weighted by Crippen LogP contribution is 2.15. The molecule has 0 radical (unpaired) electrons. The summed E-state index contributed by atoms with van der Waals surface area (Å²) in [5.74, 6) is -0.161. The summed E-state index contributed by atoms with van der Waals surface area (Å²) < 4.78 is 26.7. The molecule has 21 heavy (non-hydrogen) atoms. The summed E-state index contributed by atoms with van der Waals surface area (Å²) >= 11 is 1.14. The number of carbonyl (C=O) groups excluding carboxylic acids is 1. The summed E-state index contributed by atoms with van der Waals surface area (Å²) in [5, 5.41) is 4.93. The number of hydrogen-bond donors (Lipinski definition) is 2. The van der Waals surface area contributed by atoms with Crippen LogP contribution in [0.1, 0.15) is 19.8 Å². The van der Waals surface area contributed by atoms with Crippen molar-refractivity contribution in [2.75, 3.05) is 26.2 Å². The Morgan fingerprint density at radius 3 is 2.95 bits per heavy atom. The molecule has 2 N–H and O–H groups in total. The van der Waals surface area contributed by atoms with Crippen molar-refractivity contribution in [3.05, 3.63) is 17.5 Å². The zero-order valence-electron chi connectivity index (χ0n) is 12.0. The van der Waals surface area contributed by atoms with Gasteiger partial charge in [0, 0.05) is 19.1 Å². The van der Waals surface area contributed by atoms with Crippen molar-refractivity contribution in [1.29, 1.82) is 0 Å². The smallest absolute Gasteiger partial charge is 0.250 e. The maximum atomic E-state index is 12.3. The van der Waals surface area contributed by atoms with Crippen LogP contribution in [-0.2, 0) is 14.8 Å². The number of nitrogens with zero attached hydrogens (tertiary/aromatic N) is 1. The van der Waals surface area contributed by atoms with E-state index >= 15 is 0 Å². The Labute approximate surface area is 129 Å². The third-order valence-corrected chi connectivity index (χ3v) is 6.23. The zero-order valence-corrected chi connectivity index (χ0v) is 13.7. The Bertz CT molecular complexity index is 551. The van der Waals surface area contributed by atoms with Gasteiger partial charge >= 0.3 is 0 Å². The van der Waals surface area contributed by atoms with Gasteiger partial charge < -0.3 is 10.2 Å². The second kappa shape index (κ2) is 7.35. The van der Waals surface area contributed by atoms with Crippen LogP contribution in [0.25, 0.3) is 0 Å². The molecule has 1 saturated heterocycles. The van der Waals surface area contributed by atoms with E-state index in [1.165, 1.54) is 6.07 Å². The molecule has 118 valence electrons. The highest BCUT2D eigenvalue weighted by molar-refractivity contribution is 7.91. The van der Waals surface area contributed by atoms with Gasteiger partial charge in [-0.3, -0.25) is 4.79 Å². The predicted octanol–water partition coefficient (Wildman–Crippen LogP) is 0.627. The molecule has 0 bridgehead atoms. The third kappa shape index (κ3) is 4.26. The summed E-state index contributed by atoms with van der Waals surface area (Å²) in [5.41, 5.74) is 0. The first-order valence-electron chi connectivity index (χ1n) is 7.08. The van der Waals surface area contributed by atoms with Gasteiger partial charge in [-0.15, -0.1) is 11.3 Å². The molecule has 6 nitrogen and oxygen atoms in total. The molecule has 0 aromatic carbocycles. The SMILES string of the molecule is CCCN(C(=O)CNS(=O)(=O)c1cccs1)C1CCNC1. The van der Waals surface area contributed by atoms with Gasteiger partial charge in [0.1, 0.15) is 4.21 Å². The first-order valence-corrected chi connectivity index (χ1v) is 9.44. The van der Waals surface area contributed by atoms with Crippen LogP contribution >= 0.6 is 11.3 Å². The topological polar surface area (TPSA) is 78.5 Å². The van der Waals surface area contributed by atoms with Crippen molar-refractivity contribution < 1.29 is 13.2 Å². The number of amides is 1. The van der Waals surface area contributed by atoms with Gasteiger partial charge in [0.05, 0.1) is 6.54 Å². The van der Waals surface area contributed by atoms with Crippen molar-refractivity contribution in [3.63, 3.8) is 0 Å². The van der Waals surface area contributed by atoms with E-state index in [0.717, 1.165) is 37.3 Å². The molecule has 2 rings (SSSR count). The minimum atomic E-state index is -3.58. The van der Waals surface area contributed by atoms with Crippen LogP contribution < -0.4 is 10.0 Å². The number of thiophene rings is 1. The maximum absolute atomic E-state index is 12.3. The van der Waals surface area contributed by atoms with E-state index in [1.54, 1.807) is 16.3 Å². The van der Waals surface area contributed by atoms with Crippen LogP contribution in [0, 0.1) is 0 Å². The zero-order chi connectivity index (χ0) is 15.3. The summed E-state index contributed by atoms with van der Waals surface area (Å²) in [6.45, 7) is 4.17. The molecular formula is C13H21N3O3S2. The maximum Gasteiger partial charge on any atom is 0.250 e. The van der Waals surface area contributed by atoms with Crippen molar-refractivity contribution in [3.8, 4) is 0 Å². The number of hydrogen-bond acceptors (Lipinski definition) is 5. The highest BCUT2D eigenvalue weighted by Gasteiger charge is 2.26. The molecule has 1 aliphatic heterocycles. The molecule has 2 heterocycles. The highest BCUT2D eigenvalue weighted by atomic mass is 32.2. The normalized spacial score (nSPS) is 18.8. The van der Waals surface area contributed by atoms with Crippen LogP contribution in [0.3, 0.4) is 0 Å². The van der Waals surface area contributed by atoms with Gasteiger partial charge in [0.25, 0.3) is 10.0 Å². The Balaban J connectivity index is 1.95. The molecule has 8 heteroatoms. The molecule has 1 unspecified atom stereocenters. The number of sulfonamides is 1. The Morgan fingerprint density at radius 1 is 1.57 bits per heavy atom. The monoisotopic (exact) mass is 331 g/mol. The molecular weight excluding hydrogens is 310 g/mol. The lowest BCUT2D eigenvalue weighted by molar-refractivity contribution is -0.131. The van der Waals surface area contributed by atoms with E-state index in [2.05, 4.69) is 10.0 Å². The minimum Gasteiger partial charge on any atom is -0.337 e. The molecule has 1 atom stereocenters. The standard InChI is InChI=1S/C13H21N3O3S2/c1-2-7-16(11-5-6-14-9-11)12(17)10-15-21(18,19)13-4-3-8-20-13/h3-4,8,11,14-15H,2,5-7,9-10H2,1H3. The lowest BCUT2D eigenvalue weighted by Gasteiger charge is -2.28. The fourth-order valence-electron chi connectivity index (χ4n) is 2.40. The number of rotatable bonds is 7. The van der Waals surface area contributed by atoms with E-state index in [9.17, 15) is 13.2 Å². The predicted molar refractivity (Wildman–Crippen MR) is 82.8 cm³/mol. The van der Waals surface area contributed by atoms with Crippen LogP contribution in [0.4, 0.5) is 0 Å². The molecule has 1 aromatic rings. The lowest BCUT2D eigenvalue weighted by Crippen LogP contribution is -2.46. The minimum absolute atomic E-state index is 0.161. The van der Waals surface area contributed by atoms with E-state index in [4.69, 9.17) is 0 Å². The van der Waals surface area contributed by atoms with Gasteiger partial charge in [0.2, 0.25) is 5.91 Å². The first-order chi connectivity index (χ1) is 10.0. The molecule has 0 aliphatic carbocycles. The summed E-state index contributed by atoms with van der Waals surface area (Å²) in [6, 6.07) is 3.38. The van der Waals surface area contributed by atoms with Gasteiger partial charge in [-0.1, -0.05) is 13.0 Å². The van der Waals surface area contributed by atoms with E-state index < -0.39 is 10.0 Å². The van der Waals surface area contributed by atoms with Gasteiger partial charge in [-0.2, -0.15) is 0 Å². The van der Waals surface area contributed by atoms with E-state index in [-0.39, 0.29) is 22.7 Å². The summed E-state index contributed by atoms with van der Waals surface area (Å²) in [7, 11) is -3.58.